The van der Waals surface area contributed by atoms with Gasteiger partial charge in [0.15, 0.2) is 5.78 Å². The quantitative estimate of drug-likeness (QED) is 0.630. The summed E-state index contributed by atoms with van der Waals surface area (Å²) in [5, 5.41) is 20.8. The molecule has 1 aliphatic carbocycles. The van der Waals surface area contributed by atoms with Crippen LogP contribution >= 0.6 is 0 Å². The van der Waals surface area contributed by atoms with Crippen LogP contribution in [0.3, 0.4) is 0 Å². The van der Waals surface area contributed by atoms with Gasteiger partial charge in [-0.25, -0.2) is 4.98 Å². The lowest BCUT2D eigenvalue weighted by Gasteiger charge is -2.25. The first-order valence-electron chi connectivity index (χ1n) is 10.6. The van der Waals surface area contributed by atoms with Crippen LogP contribution in [0.5, 0.6) is 5.75 Å². The number of carbonyl (C=O) groups excluding carboxylic acids is 2. The summed E-state index contributed by atoms with van der Waals surface area (Å²) in [6.07, 6.45) is -0.972. The number of aromatic nitrogens is 1. The van der Waals surface area contributed by atoms with Crippen molar-refractivity contribution in [1.29, 1.82) is 5.26 Å². The summed E-state index contributed by atoms with van der Waals surface area (Å²) >= 11 is 0. The Hall–Kier alpha value is -4.02. The maximum atomic E-state index is 13.7. The van der Waals surface area contributed by atoms with Gasteiger partial charge in [0.05, 0.1) is 17.3 Å². The molecule has 164 valence electrons. The second-order valence-corrected chi connectivity index (χ2v) is 8.55. The van der Waals surface area contributed by atoms with Gasteiger partial charge in [-0.3, -0.25) is 9.59 Å². The minimum atomic E-state index is -2.05. The number of ether oxygens (including phenoxy) is 1. The molecule has 7 heteroatoms. The van der Waals surface area contributed by atoms with Crippen molar-refractivity contribution >= 4 is 11.7 Å². The van der Waals surface area contributed by atoms with Crippen molar-refractivity contribution < 1.29 is 19.4 Å². The first-order valence-corrected chi connectivity index (χ1v) is 10.6. The molecule has 2 aliphatic rings. The molecule has 1 fully saturated rings. The summed E-state index contributed by atoms with van der Waals surface area (Å²) in [4.78, 5) is 32.7. The van der Waals surface area contributed by atoms with E-state index in [1.807, 2.05) is 30.3 Å². The standard InChI is InChI=1S/C26H21N3O4/c1-29(2)25(31)21-20(17-6-4-3-5-7-17)24-26(32,23(21)30)22-19(33-24)13-12-18(28-22)16-10-8-15(14-27)9-11-16/h3-13,20-21,24,32H,1-2H3. The van der Waals surface area contributed by atoms with Crippen molar-refractivity contribution in [2.75, 3.05) is 14.1 Å². The Morgan fingerprint density at radius 2 is 1.79 bits per heavy atom. The van der Waals surface area contributed by atoms with E-state index in [2.05, 4.69) is 11.1 Å². The summed E-state index contributed by atoms with van der Waals surface area (Å²) in [7, 11) is 3.18. The fraction of sp³-hybridized carbons (Fsp3) is 0.231. The smallest absolute Gasteiger partial charge is 0.233 e. The lowest BCUT2D eigenvalue weighted by molar-refractivity contribution is -0.146. The zero-order chi connectivity index (χ0) is 23.3. The second kappa shape index (κ2) is 7.54. The molecule has 1 N–H and O–H groups in total. The fourth-order valence-corrected chi connectivity index (χ4v) is 4.80. The summed E-state index contributed by atoms with van der Waals surface area (Å²) in [5.41, 5.74) is 0.594. The number of aliphatic hydroxyl groups is 1. The lowest BCUT2D eigenvalue weighted by Crippen LogP contribution is -2.42. The maximum absolute atomic E-state index is 13.7. The number of ketones is 1. The van der Waals surface area contributed by atoms with Crippen LogP contribution in [0.25, 0.3) is 11.3 Å². The highest BCUT2D eigenvalue weighted by Crippen LogP contribution is 2.55. The first kappa shape index (κ1) is 20.9. The number of pyridine rings is 1. The zero-order valence-electron chi connectivity index (χ0n) is 18.1. The molecule has 4 atom stereocenters. The van der Waals surface area contributed by atoms with E-state index in [4.69, 9.17) is 10.00 Å². The average Bonchev–Trinajstić information content (AvgIpc) is 3.25. The van der Waals surface area contributed by atoms with Gasteiger partial charge in [-0.15, -0.1) is 0 Å². The van der Waals surface area contributed by atoms with Crippen molar-refractivity contribution in [3.05, 3.63) is 83.6 Å². The third kappa shape index (κ3) is 3.03. The molecule has 4 unspecified atom stereocenters. The van der Waals surface area contributed by atoms with Gasteiger partial charge in [-0.2, -0.15) is 5.26 Å². The molecular weight excluding hydrogens is 418 g/mol. The van der Waals surface area contributed by atoms with Gasteiger partial charge >= 0.3 is 0 Å². The summed E-state index contributed by atoms with van der Waals surface area (Å²) in [5.74, 6) is -2.42. The van der Waals surface area contributed by atoms with E-state index < -0.39 is 29.3 Å². The SMILES string of the molecule is CN(C)C(=O)C1C(=O)C2(O)c3nc(-c4ccc(C#N)cc4)ccc3OC2C1c1ccccc1. The van der Waals surface area contributed by atoms with Gasteiger partial charge < -0.3 is 14.7 Å². The Morgan fingerprint density at radius 1 is 1.09 bits per heavy atom. The molecule has 1 aliphatic heterocycles. The fourth-order valence-electron chi connectivity index (χ4n) is 4.80. The number of benzene rings is 2. The second-order valence-electron chi connectivity index (χ2n) is 8.55. The van der Waals surface area contributed by atoms with Gasteiger partial charge in [-0.1, -0.05) is 42.5 Å². The third-order valence-electron chi connectivity index (χ3n) is 6.43. The van der Waals surface area contributed by atoms with Crippen molar-refractivity contribution in [2.24, 2.45) is 5.92 Å². The normalized spacial score (nSPS) is 25.0. The lowest BCUT2D eigenvalue weighted by atomic mass is 9.86. The zero-order valence-corrected chi connectivity index (χ0v) is 18.1. The average molecular weight is 439 g/mol. The van der Waals surface area contributed by atoms with Crippen LogP contribution in [0.2, 0.25) is 0 Å². The number of rotatable bonds is 3. The van der Waals surface area contributed by atoms with E-state index in [0.717, 1.165) is 11.1 Å². The molecule has 0 saturated heterocycles. The molecule has 1 amide bonds. The van der Waals surface area contributed by atoms with Crippen LogP contribution in [-0.4, -0.2) is 46.9 Å². The van der Waals surface area contributed by atoms with Gasteiger partial charge in [0.1, 0.15) is 23.5 Å². The van der Waals surface area contributed by atoms with E-state index in [1.54, 1.807) is 50.5 Å². The Balaban J connectivity index is 1.63. The number of Topliss-reactive ketones (excluding diaryl/α,β-unsaturated/α-hetero) is 1. The molecule has 0 bridgehead atoms. The van der Waals surface area contributed by atoms with Crippen molar-refractivity contribution in [3.8, 4) is 23.1 Å². The van der Waals surface area contributed by atoms with Gasteiger partial charge in [-0.05, 0) is 29.8 Å². The minimum Gasteiger partial charge on any atom is -0.484 e. The summed E-state index contributed by atoms with van der Waals surface area (Å²) in [6, 6.07) is 21.6. The molecule has 0 spiro atoms. The molecule has 1 saturated carbocycles. The predicted molar refractivity (Wildman–Crippen MR) is 119 cm³/mol. The minimum absolute atomic E-state index is 0.120. The number of hydrogen-bond acceptors (Lipinski definition) is 6. The van der Waals surface area contributed by atoms with E-state index in [9.17, 15) is 14.7 Å². The Kier molecular flexibility index (Phi) is 4.76. The number of carbonyl (C=O) groups is 2. The van der Waals surface area contributed by atoms with Gasteiger partial charge in [0.25, 0.3) is 0 Å². The number of amides is 1. The summed E-state index contributed by atoms with van der Waals surface area (Å²) < 4.78 is 6.11. The topological polar surface area (TPSA) is 104 Å². The van der Waals surface area contributed by atoms with E-state index in [1.165, 1.54) is 4.90 Å². The Labute approximate surface area is 190 Å². The van der Waals surface area contributed by atoms with E-state index in [0.29, 0.717) is 17.0 Å². The monoisotopic (exact) mass is 439 g/mol. The molecule has 5 rings (SSSR count). The maximum Gasteiger partial charge on any atom is 0.233 e. The number of nitrogens with zero attached hydrogens (tertiary/aromatic N) is 3. The third-order valence-corrected chi connectivity index (χ3v) is 6.43. The molecule has 3 aromatic rings. The molecule has 2 heterocycles. The van der Waals surface area contributed by atoms with Crippen molar-refractivity contribution in [1.82, 2.24) is 9.88 Å². The molecule has 0 radical (unpaired) electrons. The van der Waals surface area contributed by atoms with Crippen molar-refractivity contribution in [2.45, 2.75) is 17.6 Å². The summed E-state index contributed by atoms with van der Waals surface area (Å²) in [6.45, 7) is 0. The predicted octanol–water partition coefficient (Wildman–Crippen LogP) is 2.64. The number of nitriles is 1. The van der Waals surface area contributed by atoms with Crippen LogP contribution in [0, 0.1) is 17.2 Å². The highest BCUT2D eigenvalue weighted by atomic mass is 16.5. The van der Waals surface area contributed by atoms with Gasteiger partial charge in [0.2, 0.25) is 11.5 Å². The molecular formula is C26H21N3O4. The molecule has 7 nitrogen and oxygen atoms in total. The Morgan fingerprint density at radius 3 is 2.42 bits per heavy atom. The highest BCUT2D eigenvalue weighted by molar-refractivity contribution is 6.09. The molecule has 33 heavy (non-hydrogen) atoms. The van der Waals surface area contributed by atoms with Crippen molar-refractivity contribution in [3.63, 3.8) is 0 Å². The molecule has 1 aromatic heterocycles. The van der Waals surface area contributed by atoms with E-state index in [-0.39, 0.29) is 11.6 Å². The highest BCUT2D eigenvalue weighted by Gasteiger charge is 2.69. The van der Waals surface area contributed by atoms with Crippen LogP contribution in [-0.2, 0) is 15.2 Å². The van der Waals surface area contributed by atoms with Crippen LogP contribution in [0.4, 0.5) is 0 Å². The first-order chi connectivity index (χ1) is 15.9. The van der Waals surface area contributed by atoms with Crippen LogP contribution in [0.1, 0.15) is 22.7 Å². The van der Waals surface area contributed by atoms with Crippen LogP contribution in [0.15, 0.2) is 66.7 Å². The van der Waals surface area contributed by atoms with Gasteiger partial charge in [0, 0.05) is 25.6 Å². The number of fused-ring (bicyclic) bond motifs is 3. The Bertz CT molecular complexity index is 1300. The van der Waals surface area contributed by atoms with E-state index >= 15 is 0 Å². The molecule has 2 aromatic carbocycles. The largest absolute Gasteiger partial charge is 0.484 e. The number of hydrogen-bond donors (Lipinski definition) is 1. The van der Waals surface area contributed by atoms with Crippen LogP contribution < -0.4 is 4.74 Å².